The fourth-order valence-corrected chi connectivity index (χ4v) is 2.48. The van der Waals surface area contributed by atoms with Gasteiger partial charge in [-0.2, -0.15) is 8.78 Å². The SMILES string of the molecule is Oc1cc2ncnc(Nc3cccc(Cl)c3F)c2cc1OCCOC(F)F. The highest BCUT2D eigenvalue weighted by Crippen LogP contribution is 2.34. The third kappa shape index (κ3) is 4.50. The number of rotatable bonds is 7. The fraction of sp³-hybridized carbons (Fsp3) is 0.176. The number of nitrogens with one attached hydrogen (secondary N) is 1. The zero-order valence-corrected chi connectivity index (χ0v) is 14.4. The molecule has 142 valence electrons. The van der Waals surface area contributed by atoms with Crippen LogP contribution in [-0.4, -0.2) is 34.9 Å². The summed E-state index contributed by atoms with van der Waals surface area (Å²) in [6.07, 6.45) is 1.24. The number of benzene rings is 2. The molecule has 10 heteroatoms. The van der Waals surface area contributed by atoms with E-state index in [0.29, 0.717) is 10.9 Å². The lowest BCUT2D eigenvalue weighted by atomic mass is 10.2. The second-order valence-corrected chi connectivity index (χ2v) is 5.67. The van der Waals surface area contributed by atoms with Crippen molar-refractivity contribution in [3.05, 3.63) is 47.5 Å². The lowest BCUT2D eigenvalue weighted by molar-refractivity contribution is -0.133. The van der Waals surface area contributed by atoms with E-state index in [4.69, 9.17) is 16.3 Å². The molecule has 0 unspecified atom stereocenters. The van der Waals surface area contributed by atoms with Gasteiger partial charge in [-0.1, -0.05) is 17.7 Å². The van der Waals surface area contributed by atoms with Gasteiger partial charge in [-0.25, -0.2) is 14.4 Å². The zero-order chi connectivity index (χ0) is 19.4. The molecule has 0 amide bonds. The van der Waals surface area contributed by atoms with Crippen LogP contribution in [0.1, 0.15) is 0 Å². The molecular formula is C17H13ClF3N3O3. The Morgan fingerprint density at radius 1 is 1.19 bits per heavy atom. The number of aromatic nitrogens is 2. The largest absolute Gasteiger partial charge is 0.504 e. The van der Waals surface area contributed by atoms with Crippen LogP contribution in [0.3, 0.4) is 0 Å². The minimum absolute atomic E-state index is 0.0183. The van der Waals surface area contributed by atoms with Crippen LogP contribution in [0, 0.1) is 5.82 Å². The van der Waals surface area contributed by atoms with Crippen molar-refractivity contribution in [1.82, 2.24) is 9.97 Å². The highest BCUT2D eigenvalue weighted by atomic mass is 35.5. The predicted octanol–water partition coefficient (Wildman–Crippen LogP) is 4.49. The average molecular weight is 400 g/mol. The van der Waals surface area contributed by atoms with Gasteiger partial charge in [-0.05, 0) is 18.2 Å². The predicted molar refractivity (Wildman–Crippen MR) is 93.3 cm³/mol. The topological polar surface area (TPSA) is 76.5 Å². The summed E-state index contributed by atoms with van der Waals surface area (Å²) in [7, 11) is 0. The Morgan fingerprint density at radius 2 is 2.00 bits per heavy atom. The minimum atomic E-state index is -2.91. The highest BCUT2D eigenvalue weighted by Gasteiger charge is 2.13. The smallest absolute Gasteiger partial charge is 0.345 e. The van der Waals surface area contributed by atoms with Crippen LogP contribution in [0.25, 0.3) is 10.9 Å². The van der Waals surface area contributed by atoms with Gasteiger partial charge < -0.3 is 19.9 Å². The van der Waals surface area contributed by atoms with Gasteiger partial charge in [0, 0.05) is 11.5 Å². The summed E-state index contributed by atoms with van der Waals surface area (Å²) in [5.74, 6) is -0.622. The van der Waals surface area contributed by atoms with Crippen molar-refractivity contribution >= 4 is 34.0 Å². The molecule has 0 atom stereocenters. The summed E-state index contributed by atoms with van der Waals surface area (Å²) in [6.45, 7) is -3.47. The number of hydrogen-bond acceptors (Lipinski definition) is 6. The molecule has 0 aliphatic heterocycles. The summed E-state index contributed by atoms with van der Waals surface area (Å²) in [5, 5.41) is 13.2. The van der Waals surface area contributed by atoms with Crippen molar-refractivity contribution in [3.63, 3.8) is 0 Å². The van der Waals surface area contributed by atoms with Gasteiger partial charge in [0.2, 0.25) is 0 Å². The second-order valence-electron chi connectivity index (χ2n) is 5.27. The monoisotopic (exact) mass is 399 g/mol. The Hall–Kier alpha value is -2.78. The molecule has 6 nitrogen and oxygen atoms in total. The Bertz CT molecular complexity index is 959. The van der Waals surface area contributed by atoms with Gasteiger partial charge in [0.15, 0.2) is 17.3 Å². The first kappa shape index (κ1) is 19.0. The van der Waals surface area contributed by atoms with Gasteiger partial charge in [-0.15, -0.1) is 0 Å². The Kier molecular flexibility index (Phi) is 5.82. The van der Waals surface area contributed by atoms with Gasteiger partial charge in [0.05, 0.1) is 22.8 Å². The Balaban J connectivity index is 1.89. The fourth-order valence-electron chi connectivity index (χ4n) is 2.30. The van der Waals surface area contributed by atoms with E-state index in [-0.39, 0.29) is 41.2 Å². The molecule has 1 aromatic heterocycles. The van der Waals surface area contributed by atoms with E-state index in [1.165, 1.54) is 30.6 Å². The Labute approximate surface area is 156 Å². The molecule has 0 fully saturated rings. The van der Waals surface area contributed by atoms with E-state index >= 15 is 0 Å². The summed E-state index contributed by atoms with van der Waals surface area (Å²) in [6, 6.07) is 7.19. The first-order valence-electron chi connectivity index (χ1n) is 7.67. The van der Waals surface area contributed by atoms with Crippen molar-refractivity contribution in [2.24, 2.45) is 0 Å². The molecular weight excluding hydrogens is 387 g/mol. The van der Waals surface area contributed by atoms with Crippen LogP contribution in [-0.2, 0) is 4.74 Å². The molecule has 3 aromatic rings. The first-order valence-corrected chi connectivity index (χ1v) is 8.05. The van der Waals surface area contributed by atoms with E-state index in [1.807, 2.05) is 0 Å². The molecule has 0 saturated carbocycles. The number of phenols is 1. The standard InChI is InChI=1S/C17H13ClF3N3O3/c18-10-2-1-3-11(15(10)19)24-16-9-6-14(26-4-5-27-17(20)21)13(25)7-12(9)22-8-23-16/h1-3,6-8,17,25H,4-5H2,(H,22,23,24). The first-order chi connectivity index (χ1) is 13.0. The van der Waals surface area contributed by atoms with Crippen LogP contribution < -0.4 is 10.1 Å². The third-order valence-corrected chi connectivity index (χ3v) is 3.80. The maximum atomic E-state index is 14.1. The van der Waals surface area contributed by atoms with Crippen LogP contribution in [0.5, 0.6) is 11.5 Å². The highest BCUT2D eigenvalue weighted by molar-refractivity contribution is 6.31. The summed E-state index contributed by atoms with van der Waals surface area (Å²) in [4.78, 5) is 8.11. The van der Waals surface area contributed by atoms with Crippen molar-refractivity contribution < 1.29 is 27.8 Å². The van der Waals surface area contributed by atoms with Crippen molar-refractivity contribution in [2.75, 3.05) is 18.5 Å². The van der Waals surface area contributed by atoms with Crippen LogP contribution in [0.4, 0.5) is 24.7 Å². The number of hydrogen-bond donors (Lipinski definition) is 2. The van der Waals surface area contributed by atoms with Crippen LogP contribution >= 0.6 is 11.6 Å². The molecule has 2 N–H and O–H groups in total. The molecule has 2 aromatic carbocycles. The number of alkyl halides is 2. The number of halogens is 4. The Morgan fingerprint density at radius 3 is 2.78 bits per heavy atom. The molecule has 0 saturated heterocycles. The lowest BCUT2D eigenvalue weighted by Crippen LogP contribution is -2.09. The van der Waals surface area contributed by atoms with E-state index < -0.39 is 12.4 Å². The number of nitrogens with zero attached hydrogens (tertiary/aromatic N) is 2. The van der Waals surface area contributed by atoms with Gasteiger partial charge >= 0.3 is 6.61 Å². The number of phenolic OH excluding ortho intramolecular Hbond substituents is 1. The maximum absolute atomic E-state index is 14.1. The molecule has 3 rings (SSSR count). The molecule has 0 radical (unpaired) electrons. The molecule has 0 aliphatic carbocycles. The van der Waals surface area contributed by atoms with Gasteiger partial charge in [0.1, 0.15) is 18.8 Å². The summed E-state index contributed by atoms with van der Waals surface area (Å²) in [5.41, 5.74) is 0.465. The number of aromatic hydroxyl groups is 1. The van der Waals surface area contributed by atoms with Gasteiger partial charge in [-0.3, -0.25) is 0 Å². The van der Waals surface area contributed by atoms with Crippen molar-refractivity contribution in [1.29, 1.82) is 0 Å². The molecule has 1 heterocycles. The molecule has 0 aliphatic rings. The lowest BCUT2D eigenvalue weighted by Gasteiger charge is -2.12. The van der Waals surface area contributed by atoms with Gasteiger partial charge in [0.25, 0.3) is 0 Å². The molecule has 27 heavy (non-hydrogen) atoms. The number of anilines is 2. The van der Waals surface area contributed by atoms with E-state index in [0.717, 1.165) is 0 Å². The summed E-state index contributed by atoms with van der Waals surface area (Å²) >= 11 is 5.77. The quantitative estimate of drug-likeness (QED) is 0.570. The minimum Gasteiger partial charge on any atom is -0.504 e. The third-order valence-electron chi connectivity index (χ3n) is 3.51. The molecule has 0 bridgehead atoms. The van der Waals surface area contributed by atoms with Crippen LogP contribution in [0.15, 0.2) is 36.7 Å². The number of fused-ring (bicyclic) bond motifs is 1. The second kappa shape index (κ2) is 8.28. The average Bonchev–Trinajstić information content (AvgIpc) is 2.63. The van der Waals surface area contributed by atoms with E-state index in [2.05, 4.69) is 20.0 Å². The van der Waals surface area contributed by atoms with Crippen molar-refractivity contribution in [2.45, 2.75) is 6.61 Å². The maximum Gasteiger partial charge on any atom is 0.345 e. The van der Waals surface area contributed by atoms with Crippen molar-refractivity contribution in [3.8, 4) is 11.5 Å². The normalized spacial score (nSPS) is 11.1. The van der Waals surface area contributed by atoms with E-state index in [1.54, 1.807) is 6.07 Å². The number of ether oxygens (including phenoxy) is 2. The van der Waals surface area contributed by atoms with Crippen LogP contribution in [0.2, 0.25) is 5.02 Å². The molecule has 0 spiro atoms. The summed E-state index contributed by atoms with van der Waals surface area (Å²) < 4.78 is 47.4. The van der Waals surface area contributed by atoms with E-state index in [9.17, 15) is 18.3 Å². The zero-order valence-electron chi connectivity index (χ0n) is 13.6.